The minimum atomic E-state index is -0.718. The molecule has 0 spiro atoms. The number of hydrogen-bond donors (Lipinski definition) is 1. The SMILES string of the molecule is CCCOc1ccc(-c2nonc2NC(=O)[C@H](C)Oc2cccc(C)c2C)cc1. The fourth-order valence-corrected chi connectivity index (χ4v) is 2.70. The summed E-state index contributed by atoms with van der Waals surface area (Å²) in [5.74, 6) is 1.35. The Kier molecular flexibility index (Phi) is 6.49. The Morgan fingerprint density at radius 2 is 1.90 bits per heavy atom. The van der Waals surface area contributed by atoms with Crippen molar-refractivity contribution in [3.63, 3.8) is 0 Å². The maximum absolute atomic E-state index is 12.6. The normalized spacial score (nSPS) is 11.7. The van der Waals surface area contributed by atoms with Gasteiger partial charge in [0.2, 0.25) is 5.82 Å². The van der Waals surface area contributed by atoms with E-state index >= 15 is 0 Å². The lowest BCUT2D eigenvalue weighted by atomic mass is 10.1. The quantitative estimate of drug-likeness (QED) is 0.602. The number of nitrogens with one attached hydrogen (secondary N) is 1. The van der Waals surface area contributed by atoms with Gasteiger partial charge in [0.05, 0.1) is 6.61 Å². The summed E-state index contributed by atoms with van der Waals surface area (Å²) < 4.78 is 16.3. The van der Waals surface area contributed by atoms with E-state index in [1.165, 1.54) is 0 Å². The van der Waals surface area contributed by atoms with Crippen molar-refractivity contribution in [1.29, 1.82) is 0 Å². The van der Waals surface area contributed by atoms with Gasteiger partial charge in [0, 0.05) is 5.56 Å². The van der Waals surface area contributed by atoms with Crippen LogP contribution >= 0.6 is 0 Å². The zero-order valence-corrected chi connectivity index (χ0v) is 17.1. The zero-order valence-electron chi connectivity index (χ0n) is 17.1. The van der Waals surface area contributed by atoms with Crippen LogP contribution in [0, 0.1) is 13.8 Å². The molecule has 2 aromatic carbocycles. The Morgan fingerprint density at radius 1 is 1.14 bits per heavy atom. The van der Waals surface area contributed by atoms with E-state index in [4.69, 9.17) is 14.1 Å². The van der Waals surface area contributed by atoms with Crippen molar-refractivity contribution < 1.29 is 18.9 Å². The molecule has 0 aliphatic carbocycles. The summed E-state index contributed by atoms with van der Waals surface area (Å²) in [6.07, 6.45) is 0.220. The van der Waals surface area contributed by atoms with Gasteiger partial charge in [0.25, 0.3) is 5.91 Å². The lowest BCUT2D eigenvalue weighted by Gasteiger charge is -2.16. The number of aromatic nitrogens is 2. The van der Waals surface area contributed by atoms with E-state index in [2.05, 4.69) is 22.6 Å². The molecule has 0 saturated heterocycles. The molecule has 0 saturated carbocycles. The molecule has 0 aliphatic heterocycles. The number of nitrogens with zero attached hydrogens (tertiary/aromatic N) is 2. The highest BCUT2D eigenvalue weighted by Gasteiger charge is 2.21. The largest absolute Gasteiger partial charge is 0.494 e. The summed E-state index contributed by atoms with van der Waals surface area (Å²) in [5.41, 5.74) is 3.30. The number of carbonyl (C=O) groups is 1. The third kappa shape index (κ3) is 4.93. The Balaban J connectivity index is 1.69. The minimum absolute atomic E-state index is 0.244. The van der Waals surface area contributed by atoms with Crippen LogP contribution in [0.15, 0.2) is 47.1 Å². The van der Waals surface area contributed by atoms with Crippen LogP contribution < -0.4 is 14.8 Å². The second-order valence-corrected chi connectivity index (χ2v) is 6.78. The van der Waals surface area contributed by atoms with E-state index < -0.39 is 6.10 Å². The molecule has 3 aromatic rings. The second kappa shape index (κ2) is 9.23. The maximum atomic E-state index is 12.6. The van der Waals surface area contributed by atoms with Gasteiger partial charge in [0.1, 0.15) is 11.5 Å². The summed E-state index contributed by atoms with van der Waals surface area (Å²) in [6, 6.07) is 13.1. The molecule has 1 aromatic heterocycles. The van der Waals surface area contributed by atoms with Crippen molar-refractivity contribution in [3.05, 3.63) is 53.6 Å². The third-order valence-corrected chi connectivity index (χ3v) is 4.56. The predicted octanol–water partition coefficient (Wildman–Crippen LogP) is 4.55. The van der Waals surface area contributed by atoms with Crippen LogP contribution in [0.2, 0.25) is 0 Å². The van der Waals surface area contributed by atoms with E-state index in [0.29, 0.717) is 18.1 Å². The molecule has 29 heavy (non-hydrogen) atoms. The molecule has 7 heteroatoms. The predicted molar refractivity (Wildman–Crippen MR) is 110 cm³/mol. The first-order chi connectivity index (χ1) is 14.0. The van der Waals surface area contributed by atoms with E-state index in [1.54, 1.807) is 6.92 Å². The van der Waals surface area contributed by atoms with E-state index in [-0.39, 0.29) is 11.7 Å². The van der Waals surface area contributed by atoms with Crippen LogP contribution in [0.4, 0.5) is 5.82 Å². The molecule has 0 aliphatic rings. The van der Waals surface area contributed by atoms with Crippen molar-refractivity contribution >= 4 is 11.7 Å². The highest BCUT2D eigenvalue weighted by molar-refractivity contribution is 5.96. The summed E-state index contributed by atoms with van der Waals surface area (Å²) in [5, 5.41) is 10.5. The first-order valence-electron chi connectivity index (χ1n) is 9.59. The standard InChI is InChI=1S/C22H25N3O4/c1-5-13-27-18-11-9-17(10-12-18)20-21(25-29-24-20)23-22(26)16(4)28-19-8-6-7-14(2)15(19)3/h6-12,16H,5,13H2,1-4H3,(H,23,25,26)/t16-/m0/s1. The molecular weight excluding hydrogens is 370 g/mol. The van der Waals surface area contributed by atoms with Gasteiger partial charge in [-0.15, -0.1) is 0 Å². The number of aryl methyl sites for hydroxylation is 1. The number of rotatable bonds is 8. The molecule has 0 fully saturated rings. The van der Waals surface area contributed by atoms with Crippen LogP contribution in [-0.2, 0) is 4.79 Å². The number of carbonyl (C=O) groups excluding carboxylic acids is 1. The van der Waals surface area contributed by atoms with Crippen LogP contribution in [0.5, 0.6) is 11.5 Å². The van der Waals surface area contributed by atoms with Crippen molar-refractivity contribution in [2.45, 2.75) is 40.2 Å². The average Bonchev–Trinajstić information content (AvgIpc) is 3.18. The van der Waals surface area contributed by atoms with Crippen molar-refractivity contribution in [1.82, 2.24) is 10.3 Å². The molecule has 1 amide bonds. The second-order valence-electron chi connectivity index (χ2n) is 6.78. The fraction of sp³-hybridized carbons (Fsp3) is 0.318. The third-order valence-electron chi connectivity index (χ3n) is 4.56. The molecule has 0 bridgehead atoms. The number of anilines is 1. The Morgan fingerprint density at radius 3 is 2.62 bits per heavy atom. The summed E-state index contributed by atoms with van der Waals surface area (Å²) in [4.78, 5) is 12.6. The Labute approximate surface area is 170 Å². The van der Waals surface area contributed by atoms with Crippen LogP contribution in [-0.4, -0.2) is 28.9 Å². The van der Waals surface area contributed by atoms with Gasteiger partial charge in [-0.25, -0.2) is 4.63 Å². The highest BCUT2D eigenvalue weighted by atomic mass is 16.6. The number of amides is 1. The van der Waals surface area contributed by atoms with E-state index in [1.807, 2.05) is 56.3 Å². The van der Waals surface area contributed by atoms with E-state index in [0.717, 1.165) is 28.9 Å². The van der Waals surface area contributed by atoms with Gasteiger partial charge in [-0.3, -0.25) is 4.79 Å². The smallest absolute Gasteiger partial charge is 0.266 e. The Bertz CT molecular complexity index is 966. The van der Waals surface area contributed by atoms with Gasteiger partial charge in [-0.2, -0.15) is 0 Å². The zero-order chi connectivity index (χ0) is 20.8. The van der Waals surface area contributed by atoms with E-state index in [9.17, 15) is 4.79 Å². The molecule has 7 nitrogen and oxygen atoms in total. The monoisotopic (exact) mass is 395 g/mol. The number of benzene rings is 2. The lowest BCUT2D eigenvalue weighted by molar-refractivity contribution is -0.122. The fourth-order valence-electron chi connectivity index (χ4n) is 2.70. The first-order valence-corrected chi connectivity index (χ1v) is 9.59. The summed E-state index contributed by atoms with van der Waals surface area (Å²) in [7, 11) is 0. The maximum Gasteiger partial charge on any atom is 0.266 e. The topological polar surface area (TPSA) is 86.5 Å². The van der Waals surface area contributed by atoms with Crippen molar-refractivity contribution in [3.8, 4) is 22.8 Å². The molecule has 1 heterocycles. The minimum Gasteiger partial charge on any atom is -0.494 e. The molecule has 0 unspecified atom stereocenters. The number of ether oxygens (including phenoxy) is 2. The van der Waals surface area contributed by atoms with Gasteiger partial charge < -0.3 is 14.8 Å². The average molecular weight is 395 g/mol. The van der Waals surface area contributed by atoms with Gasteiger partial charge >= 0.3 is 0 Å². The molecule has 0 radical (unpaired) electrons. The number of hydrogen-bond acceptors (Lipinski definition) is 6. The van der Waals surface area contributed by atoms with Gasteiger partial charge in [-0.1, -0.05) is 19.1 Å². The summed E-state index contributed by atoms with van der Waals surface area (Å²) >= 11 is 0. The lowest BCUT2D eigenvalue weighted by Crippen LogP contribution is -2.30. The first kappa shape index (κ1) is 20.4. The Hall–Kier alpha value is -3.35. The molecule has 1 atom stereocenters. The van der Waals surface area contributed by atoms with Crippen molar-refractivity contribution in [2.75, 3.05) is 11.9 Å². The van der Waals surface area contributed by atoms with Crippen LogP contribution in [0.3, 0.4) is 0 Å². The van der Waals surface area contributed by atoms with Crippen molar-refractivity contribution in [2.24, 2.45) is 0 Å². The molecule has 152 valence electrons. The summed E-state index contributed by atoms with van der Waals surface area (Å²) in [6.45, 7) is 8.35. The molecule has 3 rings (SSSR count). The highest BCUT2D eigenvalue weighted by Crippen LogP contribution is 2.27. The molecule has 1 N–H and O–H groups in total. The van der Waals surface area contributed by atoms with Gasteiger partial charge in [0.15, 0.2) is 11.8 Å². The van der Waals surface area contributed by atoms with Crippen LogP contribution in [0.25, 0.3) is 11.3 Å². The molecular formula is C22H25N3O4. The van der Waals surface area contributed by atoms with Crippen LogP contribution in [0.1, 0.15) is 31.4 Å². The van der Waals surface area contributed by atoms with Gasteiger partial charge in [-0.05, 0) is 79.0 Å².